The Labute approximate surface area is 140 Å². The minimum absolute atomic E-state index is 0.256. The molecule has 0 saturated heterocycles. The molecule has 0 atom stereocenters. The molecule has 0 amide bonds. The van der Waals surface area contributed by atoms with Crippen LogP contribution in [0.1, 0.15) is 41.3 Å². The van der Waals surface area contributed by atoms with E-state index in [0.717, 1.165) is 12.8 Å². The van der Waals surface area contributed by atoms with Crippen molar-refractivity contribution in [3.63, 3.8) is 0 Å². The molecule has 0 saturated carbocycles. The molecule has 0 aliphatic carbocycles. The standard InChI is InChI=1S/C19H16N2O3/c1-2-3-10-23-19(22)14-4-7-17(8-5-14)24-18-9-6-15(12-20)16(11-18)13-21/h4-9,11H,2-3,10H2,1H3. The fourth-order valence-electron chi connectivity index (χ4n) is 1.96. The summed E-state index contributed by atoms with van der Waals surface area (Å²) in [5.74, 6) is 0.609. The van der Waals surface area contributed by atoms with Gasteiger partial charge in [0.05, 0.1) is 23.3 Å². The van der Waals surface area contributed by atoms with Gasteiger partial charge in [-0.25, -0.2) is 4.79 Å². The smallest absolute Gasteiger partial charge is 0.338 e. The molecule has 0 bridgehead atoms. The Morgan fingerprint density at radius 1 is 1.00 bits per heavy atom. The van der Waals surface area contributed by atoms with Crippen LogP contribution in [0.3, 0.4) is 0 Å². The van der Waals surface area contributed by atoms with Gasteiger partial charge in [0, 0.05) is 0 Å². The third-order valence-electron chi connectivity index (χ3n) is 3.29. The van der Waals surface area contributed by atoms with Crippen LogP contribution in [0.25, 0.3) is 0 Å². The summed E-state index contributed by atoms with van der Waals surface area (Å²) in [4.78, 5) is 11.8. The van der Waals surface area contributed by atoms with Crippen molar-refractivity contribution in [3.8, 4) is 23.6 Å². The largest absolute Gasteiger partial charge is 0.462 e. The molecule has 0 radical (unpaired) electrons. The van der Waals surface area contributed by atoms with Crippen molar-refractivity contribution in [2.24, 2.45) is 0 Å². The molecule has 120 valence electrons. The normalized spacial score (nSPS) is 9.62. The molecule has 0 N–H and O–H groups in total. The molecule has 5 nitrogen and oxygen atoms in total. The number of rotatable bonds is 6. The highest BCUT2D eigenvalue weighted by atomic mass is 16.5. The van der Waals surface area contributed by atoms with Crippen molar-refractivity contribution in [2.45, 2.75) is 19.8 Å². The van der Waals surface area contributed by atoms with Crippen LogP contribution in [0, 0.1) is 22.7 Å². The second-order valence-electron chi connectivity index (χ2n) is 5.05. The number of carbonyl (C=O) groups excluding carboxylic acids is 1. The number of benzene rings is 2. The first-order valence-electron chi connectivity index (χ1n) is 7.57. The molecule has 0 aliphatic heterocycles. The molecule has 5 heteroatoms. The van der Waals surface area contributed by atoms with Crippen molar-refractivity contribution in [3.05, 3.63) is 59.2 Å². The SMILES string of the molecule is CCCCOC(=O)c1ccc(Oc2ccc(C#N)c(C#N)c2)cc1. The molecular formula is C19H16N2O3. The highest BCUT2D eigenvalue weighted by Crippen LogP contribution is 2.24. The van der Waals surface area contributed by atoms with E-state index in [-0.39, 0.29) is 11.5 Å². The van der Waals surface area contributed by atoms with Crippen molar-refractivity contribution in [1.29, 1.82) is 10.5 Å². The molecule has 0 unspecified atom stereocenters. The summed E-state index contributed by atoms with van der Waals surface area (Å²) >= 11 is 0. The summed E-state index contributed by atoms with van der Waals surface area (Å²) in [6.45, 7) is 2.44. The fourth-order valence-corrected chi connectivity index (χ4v) is 1.96. The van der Waals surface area contributed by atoms with Gasteiger partial charge in [-0.3, -0.25) is 0 Å². The lowest BCUT2D eigenvalue weighted by molar-refractivity contribution is 0.0499. The number of esters is 1. The van der Waals surface area contributed by atoms with Crippen molar-refractivity contribution < 1.29 is 14.3 Å². The van der Waals surface area contributed by atoms with Gasteiger partial charge in [-0.1, -0.05) is 13.3 Å². The monoisotopic (exact) mass is 320 g/mol. The lowest BCUT2D eigenvalue weighted by Crippen LogP contribution is -2.06. The van der Waals surface area contributed by atoms with Crippen molar-refractivity contribution in [2.75, 3.05) is 6.61 Å². The van der Waals surface area contributed by atoms with Crippen molar-refractivity contribution in [1.82, 2.24) is 0 Å². The number of unbranched alkanes of at least 4 members (excludes halogenated alkanes) is 1. The van der Waals surface area contributed by atoms with Crippen LogP contribution in [-0.2, 0) is 4.74 Å². The molecule has 0 aromatic heterocycles. The molecule has 0 spiro atoms. The van der Waals surface area contributed by atoms with Gasteiger partial charge >= 0.3 is 5.97 Å². The zero-order valence-corrected chi connectivity index (χ0v) is 13.3. The first kappa shape index (κ1) is 17.1. The van der Waals surface area contributed by atoms with E-state index in [2.05, 4.69) is 0 Å². The van der Waals surface area contributed by atoms with Crippen LogP contribution in [-0.4, -0.2) is 12.6 Å². The van der Waals surface area contributed by atoms with Crippen molar-refractivity contribution >= 4 is 5.97 Å². The molecule has 2 aromatic carbocycles. The van der Waals surface area contributed by atoms with Gasteiger partial charge in [0.2, 0.25) is 0 Å². The summed E-state index contributed by atoms with van der Waals surface area (Å²) in [7, 11) is 0. The Balaban J connectivity index is 2.06. The quantitative estimate of drug-likeness (QED) is 0.589. The van der Waals surface area contributed by atoms with E-state index >= 15 is 0 Å². The van der Waals surface area contributed by atoms with Gasteiger partial charge in [-0.15, -0.1) is 0 Å². The van der Waals surface area contributed by atoms with Gasteiger partial charge in [0.25, 0.3) is 0 Å². The summed E-state index contributed by atoms with van der Waals surface area (Å²) in [5.41, 5.74) is 1.01. The first-order chi connectivity index (χ1) is 11.7. The van der Waals surface area contributed by atoms with E-state index in [4.69, 9.17) is 20.0 Å². The van der Waals surface area contributed by atoms with Gasteiger partial charge in [0.1, 0.15) is 23.6 Å². The third-order valence-corrected chi connectivity index (χ3v) is 3.29. The first-order valence-corrected chi connectivity index (χ1v) is 7.57. The molecular weight excluding hydrogens is 304 g/mol. The number of nitrogens with zero attached hydrogens (tertiary/aromatic N) is 2. The highest BCUT2D eigenvalue weighted by Gasteiger charge is 2.08. The molecule has 0 heterocycles. The van der Waals surface area contributed by atoms with Crippen LogP contribution < -0.4 is 4.74 Å². The fraction of sp³-hybridized carbons (Fsp3) is 0.211. The maximum absolute atomic E-state index is 11.8. The Bertz CT molecular complexity index is 799. The third kappa shape index (κ3) is 4.34. The van der Waals surface area contributed by atoms with E-state index in [1.54, 1.807) is 30.3 Å². The second kappa shape index (κ2) is 8.36. The highest BCUT2D eigenvalue weighted by molar-refractivity contribution is 5.89. The average Bonchev–Trinajstić information content (AvgIpc) is 2.62. The number of hydrogen-bond donors (Lipinski definition) is 0. The topological polar surface area (TPSA) is 83.1 Å². The molecule has 2 rings (SSSR count). The number of hydrogen-bond acceptors (Lipinski definition) is 5. The van der Waals surface area contributed by atoms with E-state index < -0.39 is 0 Å². The van der Waals surface area contributed by atoms with Crippen LogP contribution >= 0.6 is 0 Å². The molecule has 24 heavy (non-hydrogen) atoms. The average molecular weight is 320 g/mol. The minimum Gasteiger partial charge on any atom is -0.462 e. The predicted molar refractivity (Wildman–Crippen MR) is 87.6 cm³/mol. The Kier molecular flexibility index (Phi) is 5.94. The Morgan fingerprint density at radius 3 is 2.29 bits per heavy atom. The lowest BCUT2D eigenvalue weighted by atomic mass is 10.1. The van der Waals surface area contributed by atoms with E-state index in [0.29, 0.717) is 29.2 Å². The van der Waals surface area contributed by atoms with Gasteiger partial charge in [-0.2, -0.15) is 10.5 Å². The summed E-state index contributed by atoms with van der Waals surface area (Å²) < 4.78 is 10.8. The number of carbonyl (C=O) groups is 1. The minimum atomic E-state index is -0.361. The van der Waals surface area contributed by atoms with E-state index in [1.165, 1.54) is 12.1 Å². The maximum Gasteiger partial charge on any atom is 0.338 e. The zero-order chi connectivity index (χ0) is 17.4. The van der Waals surface area contributed by atoms with Gasteiger partial charge in [0.15, 0.2) is 0 Å². The van der Waals surface area contributed by atoms with E-state index in [1.807, 2.05) is 19.1 Å². The summed E-state index contributed by atoms with van der Waals surface area (Å²) in [5, 5.41) is 17.9. The lowest BCUT2D eigenvalue weighted by Gasteiger charge is -2.08. The number of ether oxygens (including phenoxy) is 2. The predicted octanol–water partition coefficient (Wildman–Crippen LogP) is 4.18. The zero-order valence-electron chi connectivity index (χ0n) is 13.3. The molecule has 2 aromatic rings. The summed E-state index contributed by atoms with van der Waals surface area (Å²) in [6, 6.07) is 15.1. The maximum atomic E-state index is 11.8. The van der Waals surface area contributed by atoms with Gasteiger partial charge < -0.3 is 9.47 Å². The second-order valence-corrected chi connectivity index (χ2v) is 5.05. The van der Waals surface area contributed by atoms with Crippen LogP contribution in [0.5, 0.6) is 11.5 Å². The Morgan fingerprint density at radius 2 is 1.67 bits per heavy atom. The summed E-state index contributed by atoms with van der Waals surface area (Å²) in [6.07, 6.45) is 1.81. The van der Waals surface area contributed by atoms with Gasteiger partial charge in [-0.05, 0) is 48.9 Å². The number of nitriles is 2. The Hall–Kier alpha value is -3.31. The van der Waals surface area contributed by atoms with E-state index in [9.17, 15) is 4.79 Å². The van der Waals surface area contributed by atoms with Crippen LogP contribution in [0.15, 0.2) is 42.5 Å². The van der Waals surface area contributed by atoms with Crippen LogP contribution in [0.2, 0.25) is 0 Å². The van der Waals surface area contributed by atoms with Crippen LogP contribution in [0.4, 0.5) is 0 Å². The molecule has 0 aliphatic rings. The molecule has 0 fully saturated rings.